The molecule has 2 N–H and O–H groups in total. The Bertz CT molecular complexity index is 486. The van der Waals surface area contributed by atoms with Gasteiger partial charge in [0.15, 0.2) is 0 Å². The van der Waals surface area contributed by atoms with Crippen LogP contribution in [0, 0.1) is 18.3 Å². The monoisotopic (exact) mass is 387 g/mol. The third-order valence-electron chi connectivity index (χ3n) is 3.92. The zero-order valence-electron chi connectivity index (χ0n) is 16.3. The molecule has 0 aliphatic rings. The second-order valence-electron chi connectivity index (χ2n) is 6.90. The van der Waals surface area contributed by atoms with Crippen LogP contribution in [-0.2, 0) is 28.7 Å². The van der Waals surface area contributed by atoms with Gasteiger partial charge in [-0.1, -0.05) is 20.8 Å². The number of hydrogen-bond acceptors (Lipinski definition) is 6. The molecule has 0 aromatic carbocycles. The molecule has 2 unspecified atom stereocenters. The molecular weight excluding hydrogens is 356 g/mol. The van der Waals surface area contributed by atoms with Gasteiger partial charge in [0.25, 0.3) is 0 Å². The van der Waals surface area contributed by atoms with Crippen molar-refractivity contribution in [3.8, 4) is 0 Å². The van der Waals surface area contributed by atoms with Crippen LogP contribution >= 0.6 is 0 Å². The van der Waals surface area contributed by atoms with Gasteiger partial charge < -0.3 is 19.7 Å². The number of carbonyl (C=O) groups excluding carboxylic acids is 2. The number of carboxylic acid groups (broad SMARTS) is 2. The zero-order valence-corrected chi connectivity index (χ0v) is 16.3. The maximum atomic E-state index is 11.8. The summed E-state index contributed by atoms with van der Waals surface area (Å²) < 4.78 is 10.5. The van der Waals surface area contributed by atoms with E-state index in [2.05, 4.69) is 0 Å². The van der Waals surface area contributed by atoms with E-state index in [1.54, 1.807) is 0 Å². The molecule has 8 nitrogen and oxygen atoms in total. The smallest absolute Gasteiger partial charge is 0.306 e. The molecule has 0 aliphatic carbocycles. The van der Waals surface area contributed by atoms with Crippen LogP contribution in [0.1, 0.15) is 65.7 Å². The van der Waals surface area contributed by atoms with Crippen LogP contribution in [0.5, 0.6) is 0 Å². The van der Waals surface area contributed by atoms with Crippen LogP contribution in [0.2, 0.25) is 0 Å². The van der Waals surface area contributed by atoms with E-state index in [1.165, 1.54) is 0 Å². The van der Waals surface area contributed by atoms with Gasteiger partial charge in [0.05, 0.1) is 6.61 Å². The molecule has 0 amide bonds. The van der Waals surface area contributed by atoms with Crippen molar-refractivity contribution < 1.29 is 38.9 Å². The van der Waals surface area contributed by atoms with Crippen LogP contribution in [0.15, 0.2) is 0 Å². The fraction of sp³-hybridized carbons (Fsp3) is 0.737. The summed E-state index contributed by atoms with van der Waals surface area (Å²) in [5.74, 6) is -2.60. The van der Waals surface area contributed by atoms with Crippen molar-refractivity contribution in [1.82, 2.24) is 0 Å². The van der Waals surface area contributed by atoms with Gasteiger partial charge in [-0.15, -0.1) is 0 Å². The summed E-state index contributed by atoms with van der Waals surface area (Å²) in [7, 11) is 0. The van der Waals surface area contributed by atoms with Crippen molar-refractivity contribution in [3.63, 3.8) is 0 Å². The van der Waals surface area contributed by atoms with Gasteiger partial charge >= 0.3 is 23.9 Å². The van der Waals surface area contributed by atoms with Crippen LogP contribution < -0.4 is 0 Å². The predicted molar refractivity (Wildman–Crippen MR) is 96.7 cm³/mol. The first kappa shape index (κ1) is 24.9. The van der Waals surface area contributed by atoms with E-state index >= 15 is 0 Å². The minimum Gasteiger partial charge on any atom is -0.481 e. The first-order valence-electron chi connectivity index (χ1n) is 9.23. The molecule has 0 rings (SSSR count). The van der Waals surface area contributed by atoms with Crippen molar-refractivity contribution >= 4 is 23.9 Å². The molecule has 0 heterocycles. The Balaban J connectivity index is 4.11. The number of hydrogen-bond donors (Lipinski definition) is 2. The Hall–Kier alpha value is -2.12. The fourth-order valence-corrected chi connectivity index (χ4v) is 2.29. The second kappa shape index (κ2) is 14.0. The molecule has 0 aromatic rings. The number of carbonyl (C=O) groups is 4. The molecule has 0 aliphatic heterocycles. The van der Waals surface area contributed by atoms with Crippen LogP contribution in [0.25, 0.3) is 0 Å². The average Bonchev–Trinajstić information content (AvgIpc) is 2.53. The normalized spacial score (nSPS) is 13.0. The lowest BCUT2D eigenvalue weighted by molar-refractivity contribution is -0.152. The van der Waals surface area contributed by atoms with Crippen molar-refractivity contribution in [2.45, 2.75) is 71.8 Å². The molecule has 0 fully saturated rings. The number of ether oxygens (including phenoxy) is 2. The Labute approximate surface area is 160 Å². The van der Waals surface area contributed by atoms with E-state index in [0.717, 1.165) is 0 Å². The van der Waals surface area contributed by atoms with Crippen LogP contribution in [-0.4, -0.2) is 46.8 Å². The average molecular weight is 387 g/mol. The number of carboxylic acids is 2. The molecule has 0 saturated heterocycles. The summed E-state index contributed by atoms with van der Waals surface area (Å²) >= 11 is 0. The summed E-state index contributed by atoms with van der Waals surface area (Å²) in [4.78, 5) is 44.2. The van der Waals surface area contributed by atoms with Gasteiger partial charge in [-0.05, 0) is 31.1 Å². The van der Waals surface area contributed by atoms with Crippen LogP contribution in [0.4, 0.5) is 0 Å². The molecule has 8 heteroatoms. The Morgan fingerprint density at radius 2 is 1.37 bits per heavy atom. The van der Waals surface area contributed by atoms with E-state index in [1.807, 2.05) is 27.2 Å². The molecule has 155 valence electrons. The van der Waals surface area contributed by atoms with Gasteiger partial charge in [-0.3, -0.25) is 19.2 Å². The van der Waals surface area contributed by atoms with Crippen molar-refractivity contribution in [3.05, 3.63) is 6.42 Å². The Morgan fingerprint density at radius 3 is 1.85 bits per heavy atom. The first-order chi connectivity index (χ1) is 12.6. The topological polar surface area (TPSA) is 127 Å². The van der Waals surface area contributed by atoms with Crippen molar-refractivity contribution in [2.75, 3.05) is 6.61 Å². The van der Waals surface area contributed by atoms with Gasteiger partial charge in [-0.2, -0.15) is 0 Å². The third-order valence-corrected chi connectivity index (χ3v) is 3.92. The lowest BCUT2D eigenvalue weighted by atomic mass is 9.94. The van der Waals surface area contributed by atoms with Gasteiger partial charge in [0, 0.05) is 32.1 Å². The fourth-order valence-electron chi connectivity index (χ4n) is 2.29. The Kier molecular flexibility index (Phi) is 12.9. The Morgan fingerprint density at radius 1 is 0.852 bits per heavy atom. The highest BCUT2D eigenvalue weighted by atomic mass is 16.5. The maximum Gasteiger partial charge on any atom is 0.306 e. The highest BCUT2D eigenvalue weighted by molar-refractivity contribution is 5.72. The van der Waals surface area contributed by atoms with Crippen LogP contribution in [0.3, 0.4) is 0 Å². The summed E-state index contributed by atoms with van der Waals surface area (Å²) in [5.41, 5.74) is 0. The van der Waals surface area contributed by atoms with Gasteiger partial charge in [0.2, 0.25) is 0 Å². The van der Waals surface area contributed by atoms with Crippen molar-refractivity contribution in [1.29, 1.82) is 0 Å². The molecular formula is C19H31O8. The first-order valence-corrected chi connectivity index (χ1v) is 9.23. The molecule has 0 bridgehead atoms. The second-order valence-corrected chi connectivity index (χ2v) is 6.90. The number of esters is 2. The molecule has 1 radical (unpaired) electrons. The summed E-state index contributed by atoms with van der Waals surface area (Å²) in [5, 5.41) is 17.1. The molecule has 0 spiro atoms. The SMILES string of the molecule is CC([CH]COC(=O)CCCC(=O)O)CC(OC(=O)CCCC(=O)O)C(C)C. The zero-order chi connectivity index (χ0) is 20.8. The van der Waals surface area contributed by atoms with Gasteiger partial charge in [-0.25, -0.2) is 0 Å². The van der Waals surface area contributed by atoms with E-state index in [0.29, 0.717) is 6.42 Å². The minimum absolute atomic E-state index is 0.0380. The molecule has 0 aromatic heterocycles. The molecule has 0 saturated carbocycles. The largest absolute Gasteiger partial charge is 0.481 e. The predicted octanol–water partition coefficient (Wildman–Crippen LogP) is 2.84. The lowest BCUT2D eigenvalue weighted by Gasteiger charge is -2.24. The number of aliphatic carboxylic acids is 2. The van der Waals surface area contributed by atoms with E-state index < -0.39 is 23.9 Å². The highest BCUT2D eigenvalue weighted by Gasteiger charge is 2.21. The van der Waals surface area contributed by atoms with E-state index in [4.69, 9.17) is 19.7 Å². The summed E-state index contributed by atoms with van der Waals surface area (Å²) in [6.07, 6.45) is 2.57. The summed E-state index contributed by atoms with van der Waals surface area (Å²) in [6, 6.07) is 0. The van der Waals surface area contributed by atoms with Gasteiger partial charge in [0.1, 0.15) is 6.10 Å². The van der Waals surface area contributed by atoms with E-state index in [-0.39, 0.29) is 63.1 Å². The minimum atomic E-state index is -0.944. The standard InChI is InChI=1S/C19H31O8/c1-13(2)15(27-19(25)9-5-7-17(22)23)12-14(3)10-11-26-18(24)8-4-6-16(20)21/h10,13-15H,4-9,11-12H2,1-3H3,(H,20,21)(H,22,23). The maximum absolute atomic E-state index is 11.8. The third kappa shape index (κ3) is 14.7. The molecule has 2 atom stereocenters. The number of rotatable bonds is 15. The molecule has 27 heavy (non-hydrogen) atoms. The van der Waals surface area contributed by atoms with E-state index in [9.17, 15) is 19.2 Å². The lowest BCUT2D eigenvalue weighted by Crippen LogP contribution is -2.26. The quantitative estimate of drug-likeness (QED) is 0.411. The highest BCUT2D eigenvalue weighted by Crippen LogP contribution is 2.20. The van der Waals surface area contributed by atoms with Crippen molar-refractivity contribution in [2.24, 2.45) is 11.8 Å². The summed E-state index contributed by atoms with van der Waals surface area (Å²) in [6.45, 7) is 5.91.